The number of aromatic nitrogens is 4. The molecule has 0 radical (unpaired) electrons. The van der Waals surface area contributed by atoms with Crippen LogP contribution in [0.5, 0.6) is 0 Å². The van der Waals surface area contributed by atoms with E-state index in [0.717, 1.165) is 30.8 Å². The van der Waals surface area contributed by atoms with Gasteiger partial charge in [-0.3, -0.25) is 0 Å². The van der Waals surface area contributed by atoms with Gasteiger partial charge < -0.3 is 10.4 Å². The average Bonchev–Trinajstić information content (AvgIpc) is 3.20. The molecule has 1 aromatic carbocycles. The van der Waals surface area contributed by atoms with Crippen LogP contribution in [-0.2, 0) is 11.6 Å². The molecular weight excluding hydrogens is 383 g/mol. The number of hydrogen-bond donors (Lipinski definition) is 2. The van der Waals surface area contributed by atoms with E-state index in [-0.39, 0.29) is 17.0 Å². The number of aliphatic hydroxyl groups is 1. The Morgan fingerprint density at radius 1 is 1.17 bits per heavy atom. The van der Waals surface area contributed by atoms with Gasteiger partial charge in [0.25, 0.3) is 5.78 Å². The van der Waals surface area contributed by atoms with Gasteiger partial charge in [-0.1, -0.05) is 31.2 Å². The summed E-state index contributed by atoms with van der Waals surface area (Å²) < 4.78 is 41.0. The van der Waals surface area contributed by atoms with Gasteiger partial charge in [0, 0.05) is 6.07 Å². The van der Waals surface area contributed by atoms with Crippen molar-refractivity contribution in [1.82, 2.24) is 19.6 Å². The van der Waals surface area contributed by atoms with Crippen molar-refractivity contribution in [2.24, 2.45) is 0 Å². The number of rotatable bonds is 5. The zero-order chi connectivity index (χ0) is 21.0. The maximum Gasteiger partial charge on any atom is 0.433 e. The van der Waals surface area contributed by atoms with E-state index in [9.17, 15) is 18.3 Å². The summed E-state index contributed by atoms with van der Waals surface area (Å²) in [5.41, 5.74) is -0.163. The molecule has 0 amide bonds. The average molecular weight is 405 g/mol. The molecule has 3 aromatic rings. The lowest BCUT2D eigenvalue weighted by Crippen LogP contribution is -2.35. The first-order valence-corrected chi connectivity index (χ1v) is 9.35. The van der Waals surface area contributed by atoms with Crippen LogP contribution in [0.2, 0.25) is 0 Å². The van der Waals surface area contributed by atoms with Crippen LogP contribution in [0.15, 0.2) is 36.7 Å². The Bertz CT molecular complexity index is 1030. The van der Waals surface area contributed by atoms with E-state index in [1.165, 1.54) is 10.1 Å². The number of nitrogens with zero attached hydrogens (tertiary/aromatic N) is 4. The van der Waals surface area contributed by atoms with E-state index < -0.39 is 23.5 Å². The van der Waals surface area contributed by atoms with Crippen LogP contribution in [0.1, 0.15) is 56.5 Å². The van der Waals surface area contributed by atoms with E-state index in [1.54, 1.807) is 13.8 Å². The number of benzene rings is 1. The number of nitrogens with one attached hydrogen (secondary N) is 1. The molecule has 0 unspecified atom stereocenters. The fourth-order valence-corrected chi connectivity index (χ4v) is 3.43. The van der Waals surface area contributed by atoms with Crippen LogP contribution in [0.25, 0.3) is 5.78 Å². The minimum Gasteiger partial charge on any atom is -0.388 e. The third kappa shape index (κ3) is 3.78. The number of fused-ring (bicyclic) bond motifs is 1. The van der Waals surface area contributed by atoms with Crippen molar-refractivity contribution in [3.05, 3.63) is 53.5 Å². The molecule has 29 heavy (non-hydrogen) atoms. The van der Waals surface area contributed by atoms with Crippen LogP contribution in [0, 0.1) is 0 Å². The SMILES string of the molecule is CC1(c2ccc([C@H](Nc3cc(C(F)(F)F)nc4ncnn34)C(C)(C)O)cc2)CC1. The lowest BCUT2D eigenvalue weighted by molar-refractivity contribution is -0.141. The Morgan fingerprint density at radius 3 is 2.38 bits per heavy atom. The molecule has 154 valence electrons. The van der Waals surface area contributed by atoms with Crippen molar-refractivity contribution in [2.45, 2.75) is 56.8 Å². The van der Waals surface area contributed by atoms with Gasteiger partial charge in [-0.05, 0) is 43.2 Å². The van der Waals surface area contributed by atoms with E-state index >= 15 is 0 Å². The smallest absolute Gasteiger partial charge is 0.388 e. The quantitative estimate of drug-likeness (QED) is 0.668. The molecule has 6 nitrogen and oxygen atoms in total. The molecule has 9 heteroatoms. The topological polar surface area (TPSA) is 75.3 Å². The van der Waals surface area contributed by atoms with Gasteiger partial charge in [0.15, 0.2) is 5.69 Å². The van der Waals surface area contributed by atoms with E-state index in [4.69, 9.17) is 0 Å². The minimum atomic E-state index is -4.63. The highest BCUT2D eigenvalue weighted by Crippen LogP contribution is 2.47. The van der Waals surface area contributed by atoms with Crippen molar-refractivity contribution in [2.75, 3.05) is 5.32 Å². The van der Waals surface area contributed by atoms with E-state index in [1.807, 2.05) is 24.3 Å². The Labute approximate surface area is 165 Å². The summed E-state index contributed by atoms with van der Waals surface area (Å²) >= 11 is 0. The summed E-state index contributed by atoms with van der Waals surface area (Å²) in [7, 11) is 0. The summed E-state index contributed by atoms with van der Waals surface area (Å²) in [4.78, 5) is 7.30. The second-order valence-corrected chi connectivity index (χ2v) is 8.41. The first kappa shape index (κ1) is 19.6. The lowest BCUT2D eigenvalue weighted by Gasteiger charge is -2.32. The molecule has 4 rings (SSSR count). The minimum absolute atomic E-state index is 0.0465. The van der Waals surface area contributed by atoms with E-state index in [0.29, 0.717) is 0 Å². The molecule has 1 aliphatic rings. The molecule has 2 aromatic heterocycles. The molecule has 2 heterocycles. The molecule has 1 atom stereocenters. The first-order chi connectivity index (χ1) is 13.5. The van der Waals surface area contributed by atoms with Crippen molar-refractivity contribution in [3.8, 4) is 0 Å². The highest BCUT2D eigenvalue weighted by atomic mass is 19.4. The molecule has 1 aliphatic carbocycles. The Kier molecular flexibility index (Phi) is 4.34. The van der Waals surface area contributed by atoms with Crippen molar-refractivity contribution in [1.29, 1.82) is 0 Å². The van der Waals surface area contributed by atoms with Gasteiger partial charge in [-0.25, -0.2) is 4.98 Å². The third-order valence-corrected chi connectivity index (χ3v) is 5.48. The van der Waals surface area contributed by atoms with Gasteiger partial charge in [0.05, 0.1) is 11.6 Å². The van der Waals surface area contributed by atoms with Gasteiger partial charge in [0.1, 0.15) is 12.1 Å². The molecule has 1 saturated carbocycles. The van der Waals surface area contributed by atoms with Crippen LogP contribution >= 0.6 is 0 Å². The van der Waals surface area contributed by atoms with E-state index in [2.05, 4.69) is 27.3 Å². The van der Waals surface area contributed by atoms with Gasteiger partial charge in [0.2, 0.25) is 0 Å². The summed E-state index contributed by atoms with van der Waals surface area (Å²) in [5.74, 6) is -0.126. The molecule has 0 aliphatic heterocycles. The number of halogens is 3. The van der Waals surface area contributed by atoms with Crippen LogP contribution < -0.4 is 5.32 Å². The molecule has 0 saturated heterocycles. The molecular formula is C20H22F3N5O. The second-order valence-electron chi connectivity index (χ2n) is 8.41. The highest BCUT2D eigenvalue weighted by molar-refractivity contribution is 5.48. The number of alkyl halides is 3. The van der Waals surface area contributed by atoms with Crippen LogP contribution in [0.3, 0.4) is 0 Å². The summed E-state index contributed by atoms with van der Waals surface area (Å²) in [6.45, 7) is 5.40. The zero-order valence-electron chi connectivity index (χ0n) is 16.3. The summed E-state index contributed by atoms with van der Waals surface area (Å²) in [6.07, 6.45) is -1.21. The van der Waals surface area contributed by atoms with Crippen LogP contribution in [-0.4, -0.2) is 30.3 Å². The predicted octanol–water partition coefficient (Wildman–Crippen LogP) is 4.12. The molecule has 2 N–H and O–H groups in total. The Morgan fingerprint density at radius 2 is 1.83 bits per heavy atom. The number of hydrogen-bond acceptors (Lipinski definition) is 5. The highest BCUT2D eigenvalue weighted by Gasteiger charge is 2.39. The monoisotopic (exact) mass is 405 g/mol. The summed E-state index contributed by atoms with van der Waals surface area (Å²) in [5, 5.41) is 17.7. The molecule has 0 spiro atoms. The fraction of sp³-hybridized carbons (Fsp3) is 0.450. The van der Waals surface area contributed by atoms with Crippen molar-refractivity contribution >= 4 is 11.6 Å². The number of anilines is 1. The molecule has 0 bridgehead atoms. The van der Waals surface area contributed by atoms with Crippen molar-refractivity contribution < 1.29 is 18.3 Å². The third-order valence-electron chi connectivity index (χ3n) is 5.48. The molecule has 1 fully saturated rings. The predicted molar refractivity (Wildman–Crippen MR) is 101 cm³/mol. The van der Waals surface area contributed by atoms with Gasteiger partial charge >= 0.3 is 6.18 Å². The van der Waals surface area contributed by atoms with Crippen LogP contribution in [0.4, 0.5) is 19.0 Å². The largest absolute Gasteiger partial charge is 0.433 e. The zero-order valence-corrected chi connectivity index (χ0v) is 16.3. The van der Waals surface area contributed by atoms with Gasteiger partial charge in [-0.15, -0.1) is 0 Å². The lowest BCUT2D eigenvalue weighted by atomic mass is 9.89. The summed E-state index contributed by atoms with van der Waals surface area (Å²) in [6, 6.07) is 8.03. The van der Waals surface area contributed by atoms with Crippen molar-refractivity contribution in [3.63, 3.8) is 0 Å². The maximum atomic E-state index is 13.3. The normalized spacial score (nSPS) is 17.3. The fourth-order valence-electron chi connectivity index (χ4n) is 3.43. The Hall–Kier alpha value is -2.68. The standard InChI is InChI=1S/C20H22F3N5O/c1-18(2,29)16(12-4-6-13(7-5-12)19(3)8-9-19)27-15-10-14(20(21,22)23)26-17-24-11-25-28(15)17/h4-7,10-11,16,27,29H,8-9H2,1-3H3/t16-/m0/s1. The second kappa shape index (κ2) is 6.41. The van der Waals surface area contributed by atoms with Gasteiger partial charge in [-0.2, -0.15) is 27.8 Å². The maximum absolute atomic E-state index is 13.3. The Balaban J connectivity index is 1.73. The first-order valence-electron chi connectivity index (χ1n) is 9.35.